The minimum absolute atomic E-state index is 0. The number of nitrogens with zero attached hydrogens (tertiary/aromatic N) is 1. The fourth-order valence-corrected chi connectivity index (χ4v) is 1.58. The van der Waals surface area contributed by atoms with Crippen molar-refractivity contribution in [2.24, 2.45) is 10.7 Å². The second kappa shape index (κ2) is 6.30. The lowest BCUT2D eigenvalue weighted by molar-refractivity contribution is 0.415. The fourth-order valence-electron chi connectivity index (χ4n) is 1.32. The molecule has 0 saturated heterocycles. The number of halogens is 2. The van der Waals surface area contributed by atoms with E-state index in [1.165, 1.54) is 0 Å². The highest BCUT2D eigenvalue weighted by atomic mass is 127. The molecule has 1 aliphatic carbocycles. The minimum atomic E-state index is 0. The number of nitrogens with two attached hydrogens (primary N) is 1. The van der Waals surface area contributed by atoms with Crippen molar-refractivity contribution in [2.75, 3.05) is 12.4 Å². The quantitative estimate of drug-likeness (QED) is 0.491. The van der Waals surface area contributed by atoms with Gasteiger partial charge in [-0.25, -0.2) is 4.99 Å². The average Bonchev–Trinajstić information content (AvgIpc) is 3.01. The molecule has 1 saturated carbocycles. The van der Waals surface area contributed by atoms with E-state index in [0.717, 1.165) is 18.5 Å². The second-order valence-electron chi connectivity index (χ2n) is 3.72. The van der Waals surface area contributed by atoms with Crippen LogP contribution in [-0.4, -0.2) is 19.1 Å². The number of ether oxygens (including phenoxy) is 1. The van der Waals surface area contributed by atoms with Gasteiger partial charge in [0.1, 0.15) is 5.75 Å². The standard InChI is InChI=1S/C11H14ClN3O.HI/c1-16-10-5-4-8(6-9(10)12)15-11(13)14-7-2-3-7;/h4-7H,2-3H2,1H3,(H3,13,14,15);1H. The van der Waals surface area contributed by atoms with E-state index in [9.17, 15) is 0 Å². The first-order chi connectivity index (χ1) is 7.69. The summed E-state index contributed by atoms with van der Waals surface area (Å²) < 4.78 is 5.06. The molecule has 1 aliphatic rings. The van der Waals surface area contributed by atoms with Gasteiger partial charge in [-0.3, -0.25) is 0 Å². The first-order valence-electron chi connectivity index (χ1n) is 5.13. The van der Waals surface area contributed by atoms with E-state index in [2.05, 4.69) is 10.3 Å². The molecule has 0 unspecified atom stereocenters. The molecule has 0 heterocycles. The maximum atomic E-state index is 5.99. The highest BCUT2D eigenvalue weighted by molar-refractivity contribution is 14.0. The van der Waals surface area contributed by atoms with Gasteiger partial charge in [0.2, 0.25) is 0 Å². The number of hydrogen-bond acceptors (Lipinski definition) is 2. The van der Waals surface area contributed by atoms with Gasteiger partial charge in [0.15, 0.2) is 5.96 Å². The van der Waals surface area contributed by atoms with Crippen molar-refractivity contribution in [3.63, 3.8) is 0 Å². The summed E-state index contributed by atoms with van der Waals surface area (Å²) in [5.74, 6) is 1.08. The van der Waals surface area contributed by atoms with Crippen molar-refractivity contribution in [1.29, 1.82) is 0 Å². The average molecular weight is 368 g/mol. The third-order valence-corrected chi connectivity index (χ3v) is 2.59. The Morgan fingerprint density at radius 3 is 2.76 bits per heavy atom. The summed E-state index contributed by atoms with van der Waals surface area (Å²) in [4.78, 5) is 4.26. The number of hydrogen-bond donors (Lipinski definition) is 2. The maximum absolute atomic E-state index is 5.99. The molecule has 0 aromatic heterocycles. The van der Waals surface area contributed by atoms with E-state index in [-0.39, 0.29) is 24.0 Å². The number of anilines is 1. The summed E-state index contributed by atoms with van der Waals surface area (Å²) in [5, 5.41) is 3.54. The van der Waals surface area contributed by atoms with Crippen LogP contribution in [0.25, 0.3) is 0 Å². The molecule has 1 aromatic rings. The van der Waals surface area contributed by atoms with Crippen molar-refractivity contribution < 1.29 is 4.74 Å². The summed E-state index contributed by atoms with van der Waals surface area (Å²) in [5.41, 5.74) is 6.54. The van der Waals surface area contributed by atoms with Gasteiger partial charge in [-0.1, -0.05) is 11.6 Å². The van der Waals surface area contributed by atoms with Crippen molar-refractivity contribution >= 4 is 47.2 Å². The van der Waals surface area contributed by atoms with E-state index in [1.54, 1.807) is 19.2 Å². The molecule has 6 heteroatoms. The zero-order chi connectivity index (χ0) is 11.5. The van der Waals surface area contributed by atoms with Gasteiger partial charge >= 0.3 is 0 Å². The third-order valence-electron chi connectivity index (χ3n) is 2.29. The molecule has 17 heavy (non-hydrogen) atoms. The smallest absolute Gasteiger partial charge is 0.193 e. The van der Waals surface area contributed by atoms with Crippen molar-refractivity contribution in [3.8, 4) is 5.75 Å². The molecule has 0 aliphatic heterocycles. The Bertz CT molecular complexity index is 421. The molecule has 0 radical (unpaired) electrons. The van der Waals surface area contributed by atoms with Crippen LogP contribution in [0.3, 0.4) is 0 Å². The summed E-state index contributed by atoms with van der Waals surface area (Å²) >= 11 is 5.99. The summed E-state index contributed by atoms with van der Waals surface area (Å²) in [6, 6.07) is 5.80. The van der Waals surface area contributed by atoms with E-state index in [4.69, 9.17) is 22.1 Å². The SMILES string of the molecule is COc1ccc(NC(N)=NC2CC2)cc1Cl.I. The minimum Gasteiger partial charge on any atom is -0.495 e. The Morgan fingerprint density at radius 2 is 2.24 bits per heavy atom. The Kier molecular flexibility index (Phi) is 5.32. The molecule has 0 atom stereocenters. The molecule has 0 amide bonds. The molecule has 3 N–H and O–H groups in total. The van der Waals surface area contributed by atoms with Crippen LogP contribution in [-0.2, 0) is 0 Å². The number of benzene rings is 1. The number of guanidine groups is 1. The van der Waals surface area contributed by atoms with Gasteiger partial charge in [0.25, 0.3) is 0 Å². The Balaban J connectivity index is 0.00000144. The first kappa shape index (κ1) is 14.4. The Labute approximate surface area is 123 Å². The summed E-state index contributed by atoms with van der Waals surface area (Å²) in [6.45, 7) is 0. The lowest BCUT2D eigenvalue weighted by Crippen LogP contribution is -2.22. The van der Waals surface area contributed by atoms with Crippen LogP contribution in [0.15, 0.2) is 23.2 Å². The van der Waals surface area contributed by atoms with Crippen molar-refractivity contribution in [1.82, 2.24) is 0 Å². The molecule has 4 nitrogen and oxygen atoms in total. The topological polar surface area (TPSA) is 59.6 Å². The number of nitrogens with one attached hydrogen (secondary N) is 1. The zero-order valence-electron chi connectivity index (χ0n) is 9.44. The molecule has 94 valence electrons. The predicted octanol–water partition coefficient (Wildman–Crippen LogP) is 2.86. The van der Waals surface area contributed by atoms with Crippen LogP contribution in [0.4, 0.5) is 5.69 Å². The monoisotopic (exact) mass is 367 g/mol. The lowest BCUT2D eigenvalue weighted by Gasteiger charge is -2.08. The molecule has 1 aromatic carbocycles. The van der Waals surface area contributed by atoms with Gasteiger partial charge in [-0.2, -0.15) is 0 Å². The van der Waals surface area contributed by atoms with Gasteiger partial charge in [0.05, 0.1) is 18.2 Å². The maximum Gasteiger partial charge on any atom is 0.193 e. The van der Waals surface area contributed by atoms with Crippen LogP contribution < -0.4 is 15.8 Å². The van der Waals surface area contributed by atoms with Crippen LogP contribution in [0.5, 0.6) is 5.75 Å². The van der Waals surface area contributed by atoms with Gasteiger partial charge in [-0.15, -0.1) is 24.0 Å². The molecule has 1 fully saturated rings. The predicted molar refractivity (Wildman–Crippen MR) is 81.7 cm³/mol. The van der Waals surface area contributed by atoms with E-state index < -0.39 is 0 Å². The molecule has 0 bridgehead atoms. The van der Waals surface area contributed by atoms with Crippen LogP contribution in [0, 0.1) is 0 Å². The number of methoxy groups -OCH3 is 1. The highest BCUT2D eigenvalue weighted by Gasteiger charge is 2.20. The molecular weight excluding hydrogens is 352 g/mol. The molecular formula is C11H15ClIN3O. The summed E-state index contributed by atoms with van der Waals surface area (Å²) in [7, 11) is 1.58. The normalized spacial score (nSPS) is 15.1. The van der Waals surface area contributed by atoms with Gasteiger partial charge in [0, 0.05) is 5.69 Å². The number of aliphatic imine (C=N–C) groups is 1. The number of rotatable bonds is 3. The van der Waals surface area contributed by atoms with Crippen LogP contribution in [0.2, 0.25) is 5.02 Å². The molecule has 2 rings (SSSR count). The second-order valence-corrected chi connectivity index (χ2v) is 4.13. The fraction of sp³-hybridized carbons (Fsp3) is 0.364. The first-order valence-corrected chi connectivity index (χ1v) is 5.50. The van der Waals surface area contributed by atoms with E-state index in [0.29, 0.717) is 22.8 Å². The van der Waals surface area contributed by atoms with Crippen molar-refractivity contribution in [3.05, 3.63) is 23.2 Å². The Morgan fingerprint density at radius 1 is 1.53 bits per heavy atom. The van der Waals surface area contributed by atoms with E-state index >= 15 is 0 Å². The van der Waals surface area contributed by atoms with Gasteiger partial charge < -0.3 is 15.8 Å². The lowest BCUT2D eigenvalue weighted by atomic mass is 10.3. The highest BCUT2D eigenvalue weighted by Crippen LogP contribution is 2.27. The van der Waals surface area contributed by atoms with Crippen molar-refractivity contribution in [2.45, 2.75) is 18.9 Å². The Hall–Kier alpha value is -0.690. The third kappa shape index (κ3) is 4.23. The van der Waals surface area contributed by atoms with Crippen LogP contribution in [0.1, 0.15) is 12.8 Å². The van der Waals surface area contributed by atoms with E-state index in [1.807, 2.05) is 6.07 Å². The largest absolute Gasteiger partial charge is 0.495 e. The van der Waals surface area contributed by atoms with Gasteiger partial charge in [-0.05, 0) is 31.0 Å². The zero-order valence-corrected chi connectivity index (χ0v) is 12.5. The molecule has 0 spiro atoms. The summed E-state index contributed by atoms with van der Waals surface area (Å²) in [6.07, 6.45) is 2.26. The van der Waals surface area contributed by atoms with Crippen LogP contribution >= 0.6 is 35.6 Å².